The number of aliphatic hydroxyl groups excluding tert-OH is 1. The number of Topliss-reactive ketones (excluding diaryl/α,β-unsaturated/α-hetero) is 1. The molecule has 0 aromatic heterocycles. The molecule has 0 spiro atoms. The highest BCUT2D eigenvalue weighted by atomic mass is 32.2. The lowest BCUT2D eigenvalue weighted by Gasteiger charge is -2.67. The Morgan fingerprint density at radius 2 is 1.65 bits per heavy atom. The van der Waals surface area contributed by atoms with Gasteiger partial charge in [-0.15, -0.1) is 11.8 Å². The second-order valence-corrected chi connectivity index (χ2v) is 19.4. The topological polar surface area (TPSA) is 220 Å². The van der Waals surface area contributed by atoms with Crippen LogP contribution in [-0.4, -0.2) is 124 Å². The van der Waals surface area contributed by atoms with Crippen molar-refractivity contribution in [3.05, 3.63) is 58.7 Å². The van der Waals surface area contributed by atoms with Gasteiger partial charge in [0.2, 0.25) is 0 Å². The lowest BCUT2D eigenvalue weighted by molar-refractivity contribution is -0.347. The van der Waals surface area contributed by atoms with Crippen LogP contribution in [0.5, 0.6) is 0 Å². The Morgan fingerprint density at radius 3 is 2.18 bits per heavy atom. The molecule has 1 aromatic carbocycles. The smallest absolute Gasteiger partial charge is 0.408 e. The number of esters is 4. The van der Waals surface area contributed by atoms with Crippen molar-refractivity contribution in [2.45, 2.75) is 148 Å². The number of thioether (sulfide) groups is 1. The second-order valence-electron chi connectivity index (χ2n) is 18.6. The minimum atomic E-state index is -2.34. The molecule has 2 bridgehead atoms. The Bertz CT molecular complexity index is 1990. The maximum atomic E-state index is 15.8. The summed E-state index contributed by atoms with van der Waals surface area (Å²) in [6.45, 7) is 16.7. The van der Waals surface area contributed by atoms with Crippen LogP contribution in [0, 0.1) is 16.7 Å². The number of ether oxygens (including phenoxy) is 7. The molecule has 17 heteroatoms. The summed E-state index contributed by atoms with van der Waals surface area (Å²) in [6, 6.07) is 6.65. The number of allylic oxidation sites excluding steroid dienone is 1. The summed E-state index contributed by atoms with van der Waals surface area (Å²) in [5.41, 5.74) is -7.38. The molecule has 1 heterocycles. The number of hydrogen-bond acceptors (Lipinski definition) is 16. The van der Waals surface area contributed by atoms with Crippen molar-refractivity contribution in [1.29, 1.82) is 0 Å². The lowest BCUT2D eigenvalue weighted by atomic mass is 9.44. The first-order valence-electron chi connectivity index (χ1n) is 20.6. The largest absolute Gasteiger partial charge is 0.456 e. The molecule has 62 heavy (non-hydrogen) atoms. The van der Waals surface area contributed by atoms with Gasteiger partial charge in [0.15, 0.2) is 23.6 Å². The maximum absolute atomic E-state index is 15.8. The number of fused-ring (bicyclic) bond motifs is 5. The number of hydrogen-bond donors (Lipinski definition) is 3. The highest BCUT2D eigenvalue weighted by Crippen LogP contribution is 2.65. The number of carbonyl (C=O) groups excluding carboxylic acids is 6. The van der Waals surface area contributed by atoms with Crippen LogP contribution in [0.4, 0.5) is 4.79 Å². The molecule has 1 aromatic rings. The maximum Gasteiger partial charge on any atom is 0.408 e. The molecule has 3 aliphatic carbocycles. The van der Waals surface area contributed by atoms with E-state index in [1.165, 1.54) is 36.9 Å². The fraction of sp³-hybridized carbons (Fsp3) is 0.644. The number of alkyl carbamates (subject to hydrolysis) is 1. The van der Waals surface area contributed by atoms with Crippen LogP contribution in [0.15, 0.2) is 53.1 Å². The van der Waals surface area contributed by atoms with Gasteiger partial charge in [-0.05, 0) is 78.0 Å². The number of rotatable bonds is 12. The van der Waals surface area contributed by atoms with E-state index in [0.29, 0.717) is 5.57 Å². The molecule has 16 nitrogen and oxygen atoms in total. The minimum Gasteiger partial charge on any atom is -0.456 e. The van der Waals surface area contributed by atoms with Gasteiger partial charge in [0.1, 0.15) is 29.5 Å². The van der Waals surface area contributed by atoms with Crippen molar-refractivity contribution >= 4 is 47.5 Å². The monoisotopic (exact) mass is 887 g/mol. The molecule has 342 valence electrons. The fourth-order valence-electron chi connectivity index (χ4n) is 9.76. The summed E-state index contributed by atoms with van der Waals surface area (Å²) >= 11 is 1.34. The summed E-state index contributed by atoms with van der Waals surface area (Å²) in [6.07, 6.45) is -7.00. The van der Waals surface area contributed by atoms with Crippen molar-refractivity contribution in [2.75, 3.05) is 18.8 Å². The van der Waals surface area contributed by atoms with Gasteiger partial charge < -0.3 is 48.7 Å². The highest BCUT2D eigenvalue weighted by Gasteiger charge is 2.78. The van der Waals surface area contributed by atoms with Crippen molar-refractivity contribution in [3.8, 4) is 0 Å². The second kappa shape index (κ2) is 18.1. The van der Waals surface area contributed by atoms with Crippen LogP contribution in [0.25, 0.3) is 0 Å². The number of amides is 1. The number of aliphatic hydroxyl groups is 2. The summed E-state index contributed by atoms with van der Waals surface area (Å²) in [5, 5.41) is 27.8. The van der Waals surface area contributed by atoms with Gasteiger partial charge in [-0.25, -0.2) is 14.4 Å². The third-order valence-corrected chi connectivity index (χ3v) is 12.9. The number of benzene rings is 1. The van der Waals surface area contributed by atoms with E-state index in [4.69, 9.17) is 33.2 Å². The van der Waals surface area contributed by atoms with Gasteiger partial charge in [0.25, 0.3) is 0 Å². The van der Waals surface area contributed by atoms with E-state index in [0.717, 1.165) is 6.92 Å². The molecule has 1 saturated heterocycles. The van der Waals surface area contributed by atoms with E-state index >= 15 is 4.79 Å². The first-order chi connectivity index (χ1) is 28.7. The normalized spacial score (nSPS) is 32.1. The first-order valence-corrected chi connectivity index (χ1v) is 22.0. The molecule has 11 atom stereocenters. The van der Waals surface area contributed by atoms with Crippen LogP contribution in [-0.2, 0) is 52.3 Å². The fourth-order valence-corrected chi connectivity index (χ4v) is 10.1. The van der Waals surface area contributed by atoms with Crippen LogP contribution in [0.2, 0.25) is 0 Å². The molecule has 1 amide bonds. The van der Waals surface area contributed by atoms with Gasteiger partial charge >= 0.3 is 30.0 Å². The van der Waals surface area contributed by atoms with Gasteiger partial charge in [-0.2, -0.15) is 0 Å². The van der Waals surface area contributed by atoms with Crippen LogP contribution >= 0.6 is 11.8 Å². The van der Waals surface area contributed by atoms with Crippen LogP contribution < -0.4 is 5.32 Å². The summed E-state index contributed by atoms with van der Waals surface area (Å²) in [7, 11) is 0. The van der Waals surface area contributed by atoms with Crippen molar-refractivity contribution < 1.29 is 72.1 Å². The van der Waals surface area contributed by atoms with Crippen molar-refractivity contribution in [2.24, 2.45) is 16.7 Å². The van der Waals surface area contributed by atoms with E-state index in [2.05, 4.69) is 5.32 Å². The van der Waals surface area contributed by atoms with E-state index in [1.807, 2.05) is 0 Å². The van der Waals surface area contributed by atoms with Gasteiger partial charge in [0.05, 0.1) is 41.6 Å². The molecular weight excluding hydrogens is 827 g/mol. The molecule has 5 rings (SSSR count). The Balaban J connectivity index is 1.77. The minimum absolute atomic E-state index is 0.0425. The average molecular weight is 888 g/mol. The molecule has 2 saturated carbocycles. The van der Waals surface area contributed by atoms with Gasteiger partial charge in [-0.3, -0.25) is 14.4 Å². The SMILES string of the molecule is CSCO[C@H]1C[C@H]2OC[C@@]2(OC(C)=O)C2C(OC(=O)c3ccccc3)[C@]3(O)C[C@H](OC(=O)[C@H](O)[C@H](C=C(C)C)NC(=O)OC(C)(C)C)C(C)=C([C@@H](OC(C)=O)C(=O)[C@@]21C)C3(C)C. The van der Waals surface area contributed by atoms with Crippen molar-refractivity contribution in [3.63, 3.8) is 0 Å². The molecule has 3 fully saturated rings. The Kier molecular flexibility index (Phi) is 14.2. The van der Waals surface area contributed by atoms with E-state index in [-0.39, 0.29) is 35.7 Å². The van der Waals surface area contributed by atoms with Gasteiger partial charge in [-0.1, -0.05) is 43.7 Å². The molecule has 3 N–H and O–H groups in total. The zero-order valence-corrected chi connectivity index (χ0v) is 38.3. The molecule has 1 aliphatic heterocycles. The van der Waals surface area contributed by atoms with Crippen LogP contribution in [0.1, 0.15) is 99.4 Å². The summed E-state index contributed by atoms with van der Waals surface area (Å²) in [5.74, 6) is -5.72. The molecule has 0 radical (unpaired) electrons. The van der Waals surface area contributed by atoms with E-state index < -0.39 is 118 Å². The van der Waals surface area contributed by atoms with Crippen molar-refractivity contribution in [1.82, 2.24) is 5.32 Å². The molecular formula is C45H61NO15S. The zero-order valence-electron chi connectivity index (χ0n) is 37.5. The third-order valence-electron chi connectivity index (χ3n) is 12.6. The average Bonchev–Trinajstić information content (AvgIpc) is 3.15. The van der Waals surface area contributed by atoms with E-state index in [9.17, 15) is 34.2 Å². The predicted molar refractivity (Wildman–Crippen MR) is 224 cm³/mol. The van der Waals surface area contributed by atoms with Gasteiger partial charge in [0, 0.05) is 32.1 Å². The first kappa shape index (κ1) is 48.7. The zero-order chi connectivity index (χ0) is 46.3. The van der Waals surface area contributed by atoms with E-state index in [1.54, 1.807) is 86.8 Å². The highest BCUT2D eigenvalue weighted by molar-refractivity contribution is 7.98. The Hall–Kier alpha value is -4.29. The molecule has 4 aliphatic rings. The Morgan fingerprint density at radius 1 is 1.00 bits per heavy atom. The number of carbonyl (C=O) groups is 6. The summed E-state index contributed by atoms with van der Waals surface area (Å²) in [4.78, 5) is 83.4. The standard InChI is InChI=1S/C45H61NO15S/c1-23(2)18-28(46-40(53)61-41(6,7)8)33(49)39(52)58-29-20-45(54)37(59-38(51)27-16-14-13-15-17-27)35-43(11,36(50)34(57-25(4)47)32(24(29)3)42(45,9)10)30(56-22-62-12)19-31-44(35,21-55-31)60-26(5)48/h13-18,28-31,33-35,37,49,54H,19-22H2,1-12H3,(H,46,53)/t28-,29-,30-,31+,33+,34+,35?,37?,43+,44-,45+/m0/s1. The number of nitrogens with one attached hydrogen (secondary N) is 1. The summed E-state index contributed by atoms with van der Waals surface area (Å²) < 4.78 is 42.6. The molecule has 2 unspecified atom stereocenters. The quantitative estimate of drug-likeness (QED) is 0.111. The number of ketones is 1. The third kappa shape index (κ3) is 9.05. The lowest BCUT2D eigenvalue weighted by Crippen LogP contribution is -2.82. The predicted octanol–water partition coefficient (Wildman–Crippen LogP) is 4.77. The van der Waals surface area contributed by atoms with Crippen LogP contribution in [0.3, 0.4) is 0 Å². The Labute approximate surface area is 366 Å².